The Hall–Kier alpha value is -1.94. The summed E-state index contributed by atoms with van der Waals surface area (Å²) in [5, 5.41) is 12.0. The lowest BCUT2D eigenvalue weighted by atomic mass is 10.1. The van der Waals surface area contributed by atoms with Gasteiger partial charge in [0, 0.05) is 16.2 Å². The van der Waals surface area contributed by atoms with Crippen molar-refractivity contribution in [3.8, 4) is 0 Å². The predicted octanol–water partition coefficient (Wildman–Crippen LogP) is 3.56. The van der Waals surface area contributed by atoms with E-state index < -0.39 is 0 Å². The molecule has 0 bridgehead atoms. The molecule has 108 valence electrons. The summed E-state index contributed by atoms with van der Waals surface area (Å²) in [5.41, 5.74) is 10.6. The lowest BCUT2D eigenvalue weighted by Crippen LogP contribution is -2.15. The van der Waals surface area contributed by atoms with E-state index in [1.807, 2.05) is 24.3 Å². The molecule has 2 aromatic rings. The standard InChI is InChI=1S/C17H18N2OS/c18-17(19-20)16-7-2-1-4-14(16)11-21-15-9-8-12-5-3-6-13(12)10-15/h1-2,4,7-10,20H,3,5-6,11H2,(H2,18,19). The van der Waals surface area contributed by atoms with Crippen LogP contribution in [0.25, 0.3) is 0 Å². The number of benzene rings is 2. The molecule has 1 aliphatic rings. The van der Waals surface area contributed by atoms with E-state index in [4.69, 9.17) is 10.9 Å². The maximum atomic E-state index is 8.86. The van der Waals surface area contributed by atoms with Crippen LogP contribution in [-0.4, -0.2) is 11.0 Å². The number of hydrogen-bond acceptors (Lipinski definition) is 3. The summed E-state index contributed by atoms with van der Waals surface area (Å²) in [6, 6.07) is 14.5. The molecule has 3 rings (SSSR count). The van der Waals surface area contributed by atoms with Crippen molar-refractivity contribution in [2.45, 2.75) is 29.9 Å². The molecule has 0 unspecified atom stereocenters. The average Bonchev–Trinajstić information content (AvgIpc) is 3.00. The van der Waals surface area contributed by atoms with Gasteiger partial charge in [-0.3, -0.25) is 0 Å². The molecule has 0 aliphatic heterocycles. The normalized spacial score (nSPS) is 14.2. The van der Waals surface area contributed by atoms with Crippen LogP contribution in [-0.2, 0) is 18.6 Å². The van der Waals surface area contributed by atoms with E-state index in [0.717, 1.165) is 16.9 Å². The van der Waals surface area contributed by atoms with Crippen molar-refractivity contribution in [2.24, 2.45) is 10.9 Å². The molecule has 0 fully saturated rings. The summed E-state index contributed by atoms with van der Waals surface area (Å²) in [6.45, 7) is 0. The molecular formula is C17H18N2OS. The van der Waals surface area contributed by atoms with Gasteiger partial charge in [-0.15, -0.1) is 11.8 Å². The van der Waals surface area contributed by atoms with Gasteiger partial charge in [0.15, 0.2) is 5.84 Å². The van der Waals surface area contributed by atoms with Gasteiger partial charge in [-0.25, -0.2) is 0 Å². The third-order valence-electron chi connectivity index (χ3n) is 3.87. The SMILES string of the molecule is N/C(=N\O)c1ccccc1CSc1ccc2c(c1)CCC2. The second-order valence-corrected chi connectivity index (χ2v) is 6.26. The molecule has 2 aromatic carbocycles. The summed E-state index contributed by atoms with van der Waals surface area (Å²) < 4.78 is 0. The molecular weight excluding hydrogens is 280 g/mol. The van der Waals surface area contributed by atoms with Crippen molar-refractivity contribution in [3.63, 3.8) is 0 Å². The Morgan fingerprint density at radius 3 is 2.81 bits per heavy atom. The first-order valence-corrected chi connectivity index (χ1v) is 8.07. The van der Waals surface area contributed by atoms with E-state index in [1.165, 1.54) is 35.3 Å². The Labute approximate surface area is 128 Å². The third-order valence-corrected chi connectivity index (χ3v) is 4.91. The zero-order chi connectivity index (χ0) is 14.7. The van der Waals surface area contributed by atoms with Crippen LogP contribution in [0, 0.1) is 0 Å². The van der Waals surface area contributed by atoms with Crippen molar-refractivity contribution < 1.29 is 5.21 Å². The van der Waals surface area contributed by atoms with Crippen molar-refractivity contribution in [1.82, 2.24) is 0 Å². The fourth-order valence-electron chi connectivity index (χ4n) is 2.75. The zero-order valence-corrected chi connectivity index (χ0v) is 12.6. The number of oxime groups is 1. The quantitative estimate of drug-likeness (QED) is 0.298. The number of rotatable bonds is 4. The van der Waals surface area contributed by atoms with Gasteiger partial charge in [-0.05, 0) is 48.1 Å². The predicted molar refractivity (Wildman–Crippen MR) is 87.0 cm³/mol. The molecule has 0 radical (unpaired) electrons. The van der Waals surface area contributed by atoms with Gasteiger partial charge >= 0.3 is 0 Å². The fourth-order valence-corrected chi connectivity index (χ4v) is 3.71. The summed E-state index contributed by atoms with van der Waals surface area (Å²) in [7, 11) is 0. The molecule has 0 saturated heterocycles. The van der Waals surface area contributed by atoms with E-state index in [9.17, 15) is 0 Å². The molecule has 0 saturated carbocycles. The van der Waals surface area contributed by atoms with Crippen LogP contribution in [0.15, 0.2) is 52.5 Å². The lowest BCUT2D eigenvalue weighted by molar-refractivity contribution is 0.318. The lowest BCUT2D eigenvalue weighted by Gasteiger charge is -2.09. The van der Waals surface area contributed by atoms with Crippen LogP contribution >= 0.6 is 11.8 Å². The Bertz CT molecular complexity index is 682. The number of hydrogen-bond donors (Lipinski definition) is 2. The summed E-state index contributed by atoms with van der Waals surface area (Å²) in [6.07, 6.45) is 3.69. The van der Waals surface area contributed by atoms with Gasteiger partial charge in [-0.2, -0.15) is 0 Å². The Morgan fingerprint density at radius 1 is 1.14 bits per heavy atom. The van der Waals surface area contributed by atoms with Crippen molar-refractivity contribution in [2.75, 3.05) is 0 Å². The van der Waals surface area contributed by atoms with Gasteiger partial charge in [0.2, 0.25) is 0 Å². The molecule has 0 amide bonds. The molecule has 0 spiro atoms. The van der Waals surface area contributed by atoms with Gasteiger partial charge in [0.05, 0.1) is 0 Å². The Kier molecular flexibility index (Phi) is 4.15. The van der Waals surface area contributed by atoms with E-state index >= 15 is 0 Å². The highest BCUT2D eigenvalue weighted by molar-refractivity contribution is 7.98. The van der Waals surface area contributed by atoms with Gasteiger partial charge < -0.3 is 10.9 Å². The zero-order valence-electron chi connectivity index (χ0n) is 11.7. The maximum Gasteiger partial charge on any atom is 0.170 e. The first kappa shape index (κ1) is 14.0. The second-order valence-electron chi connectivity index (χ2n) is 5.22. The van der Waals surface area contributed by atoms with Crippen molar-refractivity contribution in [3.05, 3.63) is 64.7 Å². The molecule has 3 N–H and O–H groups in total. The summed E-state index contributed by atoms with van der Waals surface area (Å²) in [5.74, 6) is 0.978. The van der Waals surface area contributed by atoms with Crippen LogP contribution in [0.1, 0.15) is 28.7 Å². The minimum Gasteiger partial charge on any atom is -0.409 e. The fraction of sp³-hybridized carbons (Fsp3) is 0.235. The topological polar surface area (TPSA) is 58.6 Å². The van der Waals surface area contributed by atoms with Crippen LogP contribution in [0.3, 0.4) is 0 Å². The van der Waals surface area contributed by atoms with Gasteiger partial charge in [0.1, 0.15) is 0 Å². The number of nitrogens with two attached hydrogens (primary N) is 1. The van der Waals surface area contributed by atoms with Gasteiger partial charge in [-0.1, -0.05) is 35.5 Å². The molecule has 1 aliphatic carbocycles. The van der Waals surface area contributed by atoms with Crippen LogP contribution in [0.2, 0.25) is 0 Å². The monoisotopic (exact) mass is 298 g/mol. The smallest absolute Gasteiger partial charge is 0.170 e. The highest BCUT2D eigenvalue weighted by Gasteiger charge is 2.12. The summed E-state index contributed by atoms with van der Waals surface area (Å²) >= 11 is 1.79. The van der Waals surface area contributed by atoms with Crippen molar-refractivity contribution in [1.29, 1.82) is 0 Å². The van der Waals surface area contributed by atoms with Crippen LogP contribution in [0.4, 0.5) is 0 Å². The maximum absolute atomic E-state index is 8.86. The van der Waals surface area contributed by atoms with E-state index in [2.05, 4.69) is 23.4 Å². The molecule has 3 nitrogen and oxygen atoms in total. The largest absolute Gasteiger partial charge is 0.409 e. The minimum atomic E-state index is 0.167. The molecule has 0 atom stereocenters. The first-order valence-electron chi connectivity index (χ1n) is 7.08. The number of aryl methyl sites for hydroxylation is 2. The molecule has 0 aromatic heterocycles. The Balaban J connectivity index is 1.76. The second kappa shape index (κ2) is 6.22. The van der Waals surface area contributed by atoms with E-state index in [1.54, 1.807) is 11.8 Å². The number of thioether (sulfide) groups is 1. The number of amidine groups is 1. The highest BCUT2D eigenvalue weighted by Crippen LogP contribution is 2.30. The highest BCUT2D eigenvalue weighted by atomic mass is 32.2. The van der Waals surface area contributed by atoms with Crippen LogP contribution in [0.5, 0.6) is 0 Å². The van der Waals surface area contributed by atoms with Crippen molar-refractivity contribution >= 4 is 17.6 Å². The molecule has 4 heteroatoms. The number of nitrogens with zero attached hydrogens (tertiary/aromatic N) is 1. The number of fused-ring (bicyclic) bond motifs is 1. The van der Waals surface area contributed by atoms with E-state index in [-0.39, 0.29) is 5.84 Å². The molecule has 21 heavy (non-hydrogen) atoms. The van der Waals surface area contributed by atoms with Gasteiger partial charge in [0.25, 0.3) is 0 Å². The van der Waals surface area contributed by atoms with E-state index in [0.29, 0.717) is 0 Å². The Morgan fingerprint density at radius 2 is 1.95 bits per heavy atom. The first-order chi connectivity index (χ1) is 10.3. The van der Waals surface area contributed by atoms with Crippen LogP contribution < -0.4 is 5.73 Å². The molecule has 0 heterocycles. The average molecular weight is 298 g/mol. The third kappa shape index (κ3) is 3.05. The minimum absolute atomic E-state index is 0.167. The summed E-state index contributed by atoms with van der Waals surface area (Å²) in [4.78, 5) is 1.28.